The van der Waals surface area contributed by atoms with Crippen LogP contribution in [-0.2, 0) is 10.0 Å². The van der Waals surface area contributed by atoms with Gasteiger partial charge in [0.05, 0.1) is 10.5 Å². The number of rotatable bonds is 7. The van der Waals surface area contributed by atoms with Crippen LogP contribution in [0.3, 0.4) is 0 Å². The fourth-order valence-electron chi connectivity index (χ4n) is 2.23. The first-order chi connectivity index (χ1) is 9.58. The van der Waals surface area contributed by atoms with Crippen LogP contribution in [0.15, 0.2) is 29.2 Å². The molecule has 0 spiro atoms. The molecule has 20 heavy (non-hydrogen) atoms. The summed E-state index contributed by atoms with van der Waals surface area (Å²) in [5.41, 5.74) is 0.176. The van der Waals surface area contributed by atoms with Crippen molar-refractivity contribution in [1.29, 1.82) is 5.26 Å². The van der Waals surface area contributed by atoms with Crippen molar-refractivity contribution in [2.24, 2.45) is 0 Å². The second-order valence-corrected chi connectivity index (χ2v) is 6.60. The standard InChI is InChI=1S/C14H19N3O2S/c1-2-17(13-7-8-13)10-9-16-20(18,19)14-6-4-3-5-12(14)11-15/h3-6,13,16H,2,7-10H2,1H3. The lowest BCUT2D eigenvalue weighted by Crippen LogP contribution is -2.36. The third kappa shape index (κ3) is 3.57. The molecule has 1 saturated carbocycles. The molecule has 6 heteroatoms. The molecule has 0 amide bonds. The van der Waals surface area contributed by atoms with Crippen LogP contribution in [0.2, 0.25) is 0 Å². The van der Waals surface area contributed by atoms with E-state index in [1.807, 2.05) is 6.07 Å². The van der Waals surface area contributed by atoms with Gasteiger partial charge in [-0.3, -0.25) is 4.90 Å². The van der Waals surface area contributed by atoms with Crippen LogP contribution in [0.5, 0.6) is 0 Å². The Kier molecular flexibility index (Phi) is 4.76. The highest BCUT2D eigenvalue weighted by molar-refractivity contribution is 7.89. The van der Waals surface area contributed by atoms with Crippen LogP contribution < -0.4 is 4.72 Å². The van der Waals surface area contributed by atoms with Gasteiger partial charge in [0.2, 0.25) is 10.0 Å². The average Bonchev–Trinajstić information content (AvgIpc) is 3.28. The molecule has 1 aliphatic rings. The van der Waals surface area contributed by atoms with Gasteiger partial charge in [-0.1, -0.05) is 19.1 Å². The molecule has 2 rings (SSSR count). The van der Waals surface area contributed by atoms with Gasteiger partial charge in [-0.25, -0.2) is 13.1 Å². The van der Waals surface area contributed by atoms with E-state index in [0.29, 0.717) is 19.1 Å². The van der Waals surface area contributed by atoms with E-state index in [-0.39, 0.29) is 10.5 Å². The van der Waals surface area contributed by atoms with Crippen LogP contribution in [0.25, 0.3) is 0 Å². The van der Waals surface area contributed by atoms with E-state index in [9.17, 15) is 8.42 Å². The number of nitrogens with one attached hydrogen (secondary N) is 1. The monoisotopic (exact) mass is 293 g/mol. The quantitative estimate of drug-likeness (QED) is 0.823. The van der Waals surface area contributed by atoms with Crippen molar-refractivity contribution in [3.63, 3.8) is 0 Å². The van der Waals surface area contributed by atoms with Crippen LogP contribution >= 0.6 is 0 Å². The Labute approximate surface area is 120 Å². The molecule has 0 aliphatic heterocycles. The Balaban J connectivity index is 1.99. The molecular formula is C14H19N3O2S. The maximum atomic E-state index is 12.2. The summed E-state index contributed by atoms with van der Waals surface area (Å²) in [7, 11) is -3.61. The minimum atomic E-state index is -3.61. The van der Waals surface area contributed by atoms with E-state index in [1.54, 1.807) is 12.1 Å². The third-order valence-corrected chi connectivity index (χ3v) is 4.98. The summed E-state index contributed by atoms with van der Waals surface area (Å²) in [6, 6.07) is 8.78. The molecular weight excluding hydrogens is 274 g/mol. The van der Waals surface area contributed by atoms with Crippen molar-refractivity contribution in [3.8, 4) is 6.07 Å². The van der Waals surface area contributed by atoms with E-state index in [2.05, 4.69) is 16.5 Å². The van der Waals surface area contributed by atoms with Gasteiger partial charge in [0.1, 0.15) is 6.07 Å². The van der Waals surface area contributed by atoms with Gasteiger partial charge in [-0.2, -0.15) is 5.26 Å². The van der Waals surface area contributed by atoms with E-state index < -0.39 is 10.0 Å². The average molecular weight is 293 g/mol. The van der Waals surface area contributed by atoms with Gasteiger partial charge in [0.25, 0.3) is 0 Å². The second kappa shape index (κ2) is 6.35. The van der Waals surface area contributed by atoms with Crippen molar-refractivity contribution in [2.75, 3.05) is 19.6 Å². The lowest BCUT2D eigenvalue weighted by atomic mass is 10.2. The van der Waals surface area contributed by atoms with Crippen LogP contribution in [-0.4, -0.2) is 39.0 Å². The van der Waals surface area contributed by atoms with Gasteiger partial charge in [0, 0.05) is 19.1 Å². The predicted molar refractivity (Wildman–Crippen MR) is 76.6 cm³/mol. The normalized spacial score (nSPS) is 15.2. The molecule has 108 valence electrons. The summed E-state index contributed by atoms with van der Waals surface area (Å²) < 4.78 is 26.9. The molecule has 1 aliphatic carbocycles. The second-order valence-electron chi connectivity index (χ2n) is 4.87. The van der Waals surface area contributed by atoms with E-state index in [1.165, 1.54) is 25.0 Å². The van der Waals surface area contributed by atoms with E-state index in [4.69, 9.17) is 5.26 Å². The minimum Gasteiger partial charge on any atom is -0.299 e. The Bertz CT molecular complexity index is 603. The maximum Gasteiger partial charge on any atom is 0.241 e. The topological polar surface area (TPSA) is 73.2 Å². The first kappa shape index (κ1) is 15.0. The molecule has 1 fully saturated rings. The first-order valence-electron chi connectivity index (χ1n) is 6.81. The molecule has 1 aromatic carbocycles. The fraction of sp³-hybridized carbons (Fsp3) is 0.500. The summed E-state index contributed by atoms with van der Waals surface area (Å²) >= 11 is 0. The summed E-state index contributed by atoms with van der Waals surface area (Å²) in [5.74, 6) is 0. The molecule has 0 heterocycles. The van der Waals surface area contributed by atoms with Gasteiger partial charge in [0.15, 0.2) is 0 Å². The van der Waals surface area contributed by atoms with Crippen molar-refractivity contribution >= 4 is 10.0 Å². The highest BCUT2D eigenvalue weighted by atomic mass is 32.2. The lowest BCUT2D eigenvalue weighted by molar-refractivity contribution is 0.282. The smallest absolute Gasteiger partial charge is 0.241 e. The Morgan fingerprint density at radius 2 is 2.10 bits per heavy atom. The zero-order valence-corrected chi connectivity index (χ0v) is 12.4. The molecule has 0 bridgehead atoms. The molecule has 0 aromatic heterocycles. The van der Waals surface area contributed by atoms with Crippen LogP contribution in [0.4, 0.5) is 0 Å². The zero-order chi connectivity index (χ0) is 14.6. The predicted octanol–water partition coefficient (Wildman–Crippen LogP) is 1.32. The van der Waals surface area contributed by atoms with Crippen molar-refractivity contribution in [1.82, 2.24) is 9.62 Å². The maximum absolute atomic E-state index is 12.2. The molecule has 1 N–H and O–H groups in total. The zero-order valence-electron chi connectivity index (χ0n) is 11.5. The molecule has 5 nitrogen and oxygen atoms in total. The third-order valence-electron chi connectivity index (χ3n) is 3.46. The molecule has 0 atom stereocenters. The van der Waals surface area contributed by atoms with Gasteiger partial charge in [-0.05, 0) is 31.5 Å². The van der Waals surface area contributed by atoms with E-state index >= 15 is 0 Å². The molecule has 0 saturated heterocycles. The van der Waals surface area contributed by atoms with Crippen LogP contribution in [0.1, 0.15) is 25.3 Å². The van der Waals surface area contributed by atoms with Crippen LogP contribution in [0, 0.1) is 11.3 Å². The van der Waals surface area contributed by atoms with Gasteiger partial charge < -0.3 is 0 Å². The van der Waals surface area contributed by atoms with Crippen molar-refractivity contribution in [3.05, 3.63) is 29.8 Å². The Morgan fingerprint density at radius 3 is 2.70 bits per heavy atom. The molecule has 0 unspecified atom stereocenters. The molecule has 0 radical (unpaired) electrons. The lowest BCUT2D eigenvalue weighted by Gasteiger charge is -2.19. The first-order valence-corrected chi connectivity index (χ1v) is 8.29. The van der Waals surface area contributed by atoms with Crippen molar-refractivity contribution in [2.45, 2.75) is 30.7 Å². The number of nitriles is 1. The number of benzene rings is 1. The minimum absolute atomic E-state index is 0.0528. The number of sulfonamides is 1. The summed E-state index contributed by atoms with van der Waals surface area (Å²) in [6.07, 6.45) is 2.41. The highest BCUT2D eigenvalue weighted by Gasteiger charge is 2.27. The summed E-state index contributed by atoms with van der Waals surface area (Å²) in [4.78, 5) is 2.33. The summed E-state index contributed by atoms with van der Waals surface area (Å²) in [6.45, 7) is 4.08. The Hall–Kier alpha value is -1.42. The number of hydrogen-bond acceptors (Lipinski definition) is 4. The van der Waals surface area contributed by atoms with Gasteiger partial charge in [-0.15, -0.1) is 0 Å². The summed E-state index contributed by atoms with van der Waals surface area (Å²) in [5, 5.41) is 8.96. The Morgan fingerprint density at radius 1 is 1.40 bits per heavy atom. The highest BCUT2D eigenvalue weighted by Crippen LogP contribution is 2.25. The van der Waals surface area contributed by atoms with E-state index in [0.717, 1.165) is 6.54 Å². The number of hydrogen-bond donors (Lipinski definition) is 1. The van der Waals surface area contributed by atoms with Crippen molar-refractivity contribution < 1.29 is 8.42 Å². The SMILES string of the molecule is CCN(CCNS(=O)(=O)c1ccccc1C#N)C1CC1. The fourth-order valence-corrected chi connectivity index (χ4v) is 3.41. The number of likely N-dealkylation sites (N-methyl/N-ethyl adjacent to an activating group) is 1. The largest absolute Gasteiger partial charge is 0.299 e. The van der Waals surface area contributed by atoms with Gasteiger partial charge >= 0.3 is 0 Å². The molecule has 1 aromatic rings. The number of nitrogens with zero attached hydrogens (tertiary/aromatic N) is 2.